The summed E-state index contributed by atoms with van der Waals surface area (Å²) in [5.74, 6) is 0. The summed E-state index contributed by atoms with van der Waals surface area (Å²) in [5.41, 5.74) is 0.307. The van der Waals surface area contributed by atoms with Crippen molar-refractivity contribution in [3.05, 3.63) is 34.2 Å². The molecule has 1 heterocycles. The van der Waals surface area contributed by atoms with Gasteiger partial charge < -0.3 is 0 Å². The number of benzene rings is 1. The lowest BCUT2D eigenvalue weighted by atomic mass is 10.1. The molecule has 2 aromatic rings. The second-order valence-corrected chi connectivity index (χ2v) is 4.17. The van der Waals surface area contributed by atoms with Gasteiger partial charge in [0.1, 0.15) is 6.33 Å². The maximum absolute atomic E-state index is 12.6. The zero-order valence-electron chi connectivity index (χ0n) is 8.14. The molecule has 0 amide bonds. The lowest BCUT2D eigenvalue weighted by Gasteiger charge is -2.09. The fraction of sp³-hybridized carbons (Fsp3) is 0.200. The molecule has 16 heavy (non-hydrogen) atoms. The number of rotatable bonds is 0. The van der Waals surface area contributed by atoms with Crippen molar-refractivity contribution >= 4 is 26.8 Å². The molecule has 6 heteroatoms. The Morgan fingerprint density at radius 2 is 1.88 bits per heavy atom. The van der Waals surface area contributed by atoms with Crippen LogP contribution in [0.5, 0.6) is 0 Å². The number of hydrogen-bond donors (Lipinski definition) is 0. The van der Waals surface area contributed by atoms with Gasteiger partial charge >= 0.3 is 6.18 Å². The van der Waals surface area contributed by atoms with Gasteiger partial charge in [-0.2, -0.15) is 13.2 Å². The van der Waals surface area contributed by atoms with Crippen LogP contribution in [-0.2, 0) is 6.18 Å². The summed E-state index contributed by atoms with van der Waals surface area (Å²) >= 11 is 3.08. The Hall–Kier alpha value is -1.17. The highest BCUT2D eigenvalue weighted by molar-refractivity contribution is 9.10. The maximum atomic E-state index is 12.6. The molecule has 0 spiro atoms. The Balaban J connectivity index is 2.81. The predicted molar refractivity (Wildman–Crippen MR) is 57.0 cm³/mol. The molecule has 0 atom stereocenters. The minimum Gasteiger partial charge on any atom is -0.241 e. The molecule has 1 aromatic heterocycles. The molecule has 0 radical (unpaired) electrons. The van der Waals surface area contributed by atoms with Crippen molar-refractivity contribution in [2.75, 3.05) is 0 Å². The fourth-order valence-electron chi connectivity index (χ4n) is 1.41. The molecule has 0 saturated carbocycles. The van der Waals surface area contributed by atoms with Gasteiger partial charge in [-0.25, -0.2) is 9.97 Å². The molecule has 0 bridgehead atoms. The molecular formula is C10H6BrF3N2. The van der Waals surface area contributed by atoms with Gasteiger partial charge in [-0.15, -0.1) is 0 Å². The average Bonchev–Trinajstić information content (AvgIpc) is 2.18. The van der Waals surface area contributed by atoms with Gasteiger partial charge in [0, 0.05) is 15.6 Å². The SMILES string of the molecule is Cc1ncnc2c(Br)cc(C(F)(F)F)cc12. The van der Waals surface area contributed by atoms with Crippen LogP contribution < -0.4 is 0 Å². The van der Waals surface area contributed by atoms with E-state index in [1.54, 1.807) is 6.92 Å². The highest BCUT2D eigenvalue weighted by atomic mass is 79.9. The number of fused-ring (bicyclic) bond motifs is 1. The van der Waals surface area contributed by atoms with Crippen LogP contribution in [0.3, 0.4) is 0 Å². The first-order chi connectivity index (χ1) is 7.39. The number of aryl methyl sites for hydroxylation is 1. The molecule has 0 saturated heterocycles. The molecular weight excluding hydrogens is 285 g/mol. The zero-order valence-corrected chi connectivity index (χ0v) is 9.72. The first-order valence-electron chi connectivity index (χ1n) is 4.37. The summed E-state index contributed by atoms with van der Waals surface area (Å²) in [6.45, 7) is 1.65. The second-order valence-electron chi connectivity index (χ2n) is 3.31. The molecule has 0 aliphatic rings. The molecule has 84 valence electrons. The quantitative estimate of drug-likeness (QED) is 0.739. The van der Waals surface area contributed by atoms with Crippen molar-refractivity contribution in [2.45, 2.75) is 13.1 Å². The van der Waals surface area contributed by atoms with Crippen LogP contribution in [-0.4, -0.2) is 9.97 Å². The third-order valence-electron chi connectivity index (χ3n) is 2.22. The normalized spacial score (nSPS) is 12.1. The van der Waals surface area contributed by atoms with E-state index in [0.29, 0.717) is 21.1 Å². The summed E-state index contributed by atoms with van der Waals surface area (Å²) in [6, 6.07) is 2.09. The van der Waals surface area contributed by atoms with E-state index in [2.05, 4.69) is 25.9 Å². The van der Waals surface area contributed by atoms with Crippen LogP contribution in [0, 0.1) is 6.92 Å². The van der Waals surface area contributed by atoms with Crippen LogP contribution in [0.25, 0.3) is 10.9 Å². The van der Waals surface area contributed by atoms with Crippen LogP contribution in [0.1, 0.15) is 11.3 Å². The molecule has 2 rings (SSSR count). The van der Waals surface area contributed by atoms with Crippen molar-refractivity contribution < 1.29 is 13.2 Å². The van der Waals surface area contributed by atoms with Gasteiger partial charge in [0.15, 0.2) is 0 Å². The summed E-state index contributed by atoms with van der Waals surface area (Å²) in [5, 5.41) is 0.407. The summed E-state index contributed by atoms with van der Waals surface area (Å²) in [6.07, 6.45) is -3.03. The topological polar surface area (TPSA) is 25.8 Å². The number of alkyl halides is 3. The monoisotopic (exact) mass is 290 g/mol. The van der Waals surface area contributed by atoms with E-state index in [1.807, 2.05) is 0 Å². The molecule has 2 nitrogen and oxygen atoms in total. The average molecular weight is 291 g/mol. The molecule has 0 unspecified atom stereocenters. The number of aromatic nitrogens is 2. The van der Waals surface area contributed by atoms with E-state index >= 15 is 0 Å². The third kappa shape index (κ3) is 1.89. The predicted octanol–water partition coefficient (Wildman–Crippen LogP) is 3.72. The number of hydrogen-bond acceptors (Lipinski definition) is 2. The lowest BCUT2D eigenvalue weighted by Crippen LogP contribution is -2.05. The Kier molecular flexibility index (Phi) is 2.61. The highest BCUT2D eigenvalue weighted by Crippen LogP contribution is 2.34. The third-order valence-corrected chi connectivity index (χ3v) is 2.82. The van der Waals surface area contributed by atoms with Crippen LogP contribution in [0.2, 0.25) is 0 Å². The van der Waals surface area contributed by atoms with Crippen molar-refractivity contribution in [1.82, 2.24) is 9.97 Å². The fourth-order valence-corrected chi connectivity index (χ4v) is 1.98. The highest BCUT2D eigenvalue weighted by Gasteiger charge is 2.31. The van der Waals surface area contributed by atoms with Gasteiger partial charge in [-0.3, -0.25) is 0 Å². The largest absolute Gasteiger partial charge is 0.416 e. The van der Waals surface area contributed by atoms with E-state index in [4.69, 9.17) is 0 Å². The summed E-state index contributed by atoms with van der Waals surface area (Å²) in [7, 11) is 0. The van der Waals surface area contributed by atoms with Crippen LogP contribution >= 0.6 is 15.9 Å². The minimum absolute atomic E-state index is 0.322. The van der Waals surface area contributed by atoms with E-state index in [9.17, 15) is 13.2 Å². The van der Waals surface area contributed by atoms with Gasteiger partial charge in [-0.05, 0) is 35.0 Å². The Morgan fingerprint density at radius 1 is 1.19 bits per heavy atom. The van der Waals surface area contributed by atoms with Crippen LogP contribution in [0.15, 0.2) is 22.9 Å². The van der Waals surface area contributed by atoms with Gasteiger partial charge in [0.25, 0.3) is 0 Å². The van der Waals surface area contributed by atoms with Crippen LogP contribution in [0.4, 0.5) is 13.2 Å². The Labute approximate surface area is 97.6 Å². The maximum Gasteiger partial charge on any atom is 0.416 e. The first-order valence-corrected chi connectivity index (χ1v) is 5.17. The molecule has 0 N–H and O–H groups in total. The Bertz CT molecular complexity index is 551. The molecule has 0 fully saturated rings. The molecule has 0 aliphatic heterocycles. The van der Waals surface area contributed by atoms with Crippen molar-refractivity contribution in [2.24, 2.45) is 0 Å². The summed E-state index contributed by atoms with van der Waals surface area (Å²) < 4.78 is 38.0. The van der Waals surface area contributed by atoms with Gasteiger partial charge in [0.05, 0.1) is 11.1 Å². The van der Waals surface area contributed by atoms with E-state index in [0.717, 1.165) is 12.1 Å². The molecule has 1 aromatic carbocycles. The van der Waals surface area contributed by atoms with Gasteiger partial charge in [-0.1, -0.05) is 0 Å². The van der Waals surface area contributed by atoms with Crippen molar-refractivity contribution in [3.8, 4) is 0 Å². The smallest absolute Gasteiger partial charge is 0.241 e. The van der Waals surface area contributed by atoms with E-state index in [-0.39, 0.29) is 0 Å². The minimum atomic E-state index is -4.36. The molecule has 0 aliphatic carbocycles. The van der Waals surface area contributed by atoms with Crippen molar-refractivity contribution in [1.29, 1.82) is 0 Å². The number of nitrogens with zero attached hydrogens (tertiary/aromatic N) is 2. The zero-order chi connectivity index (χ0) is 11.9. The first kappa shape index (κ1) is 11.3. The summed E-state index contributed by atoms with van der Waals surface area (Å²) in [4.78, 5) is 7.81. The second kappa shape index (κ2) is 3.69. The van der Waals surface area contributed by atoms with Gasteiger partial charge in [0.2, 0.25) is 0 Å². The standard InChI is InChI=1S/C10H6BrF3N2/c1-5-7-2-6(10(12,13)14)3-8(11)9(7)16-4-15-5/h2-4H,1H3. The lowest BCUT2D eigenvalue weighted by molar-refractivity contribution is -0.137. The Morgan fingerprint density at radius 3 is 2.50 bits per heavy atom. The number of halogens is 4. The van der Waals surface area contributed by atoms with Crippen molar-refractivity contribution in [3.63, 3.8) is 0 Å². The van der Waals surface area contributed by atoms with E-state index in [1.165, 1.54) is 6.33 Å². The van der Waals surface area contributed by atoms with E-state index < -0.39 is 11.7 Å².